The van der Waals surface area contributed by atoms with Crippen LogP contribution in [-0.4, -0.2) is 66.2 Å². The summed E-state index contributed by atoms with van der Waals surface area (Å²) in [6.45, 7) is 1.82. The Morgan fingerprint density at radius 1 is 0.938 bits per heavy atom. The van der Waals surface area contributed by atoms with E-state index in [0.717, 1.165) is 0 Å². The molecule has 0 bridgehead atoms. The summed E-state index contributed by atoms with van der Waals surface area (Å²) in [4.78, 5) is 13.9. The van der Waals surface area contributed by atoms with Gasteiger partial charge in [-0.2, -0.15) is 15.6 Å². The van der Waals surface area contributed by atoms with Crippen molar-refractivity contribution in [2.24, 2.45) is 10.2 Å². The van der Waals surface area contributed by atoms with Crippen molar-refractivity contribution in [1.29, 1.82) is 10.5 Å². The Balaban J connectivity index is 0.00000576. The maximum atomic E-state index is 12.1. The largest absolute Gasteiger partial charge is 1.00 e. The minimum atomic E-state index is -4.40. The number of unbranched alkanes of at least 4 members (excludes halogenated alkanes) is 2. The number of halogens is 2. The predicted octanol–water partition coefficient (Wildman–Crippen LogP) is -1.24. The molecule has 1 N–H and O–H groups in total. The zero-order valence-corrected chi connectivity index (χ0v) is 35.6. The van der Waals surface area contributed by atoms with Crippen LogP contribution in [0.1, 0.15) is 43.7 Å². The van der Waals surface area contributed by atoms with Gasteiger partial charge >= 0.3 is 103 Å². The third-order valence-electron chi connectivity index (χ3n) is 6.28. The summed E-state index contributed by atoms with van der Waals surface area (Å²) in [5.74, 6) is -1.59. The number of rotatable bonds is 15. The van der Waals surface area contributed by atoms with E-state index in [0.29, 0.717) is 18.5 Å². The number of carbonyl (C=O) groups excluding carboxylic acids is 1. The molecule has 0 aliphatic carbocycles. The molecule has 0 aliphatic heterocycles. The van der Waals surface area contributed by atoms with Crippen LogP contribution < -0.4 is 113 Å². The minimum absolute atomic E-state index is 0. The summed E-state index contributed by atoms with van der Waals surface area (Å²) in [5.41, 5.74) is 1.29. The third-order valence-corrected chi connectivity index (χ3v) is 8.43. The van der Waals surface area contributed by atoms with Gasteiger partial charge in [0.25, 0.3) is 0 Å². The van der Waals surface area contributed by atoms with Crippen molar-refractivity contribution in [3.63, 3.8) is 0 Å². The Hall–Kier alpha value is -0.827. The fraction of sp³-hybridized carbons (Fsp3) is 0.333. The average molecular weight is 788 g/mol. The first-order valence-electron chi connectivity index (χ1n) is 13.4. The number of benzene rings is 2. The van der Waals surface area contributed by atoms with Crippen LogP contribution in [0.3, 0.4) is 0 Å². The summed E-state index contributed by atoms with van der Waals surface area (Å²) in [6.07, 6.45) is 2.01. The van der Waals surface area contributed by atoms with Crippen LogP contribution in [0.4, 0.5) is 22.9 Å². The second-order valence-electron chi connectivity index (χ2n) is 9.81. The number of nitriles is 2. The van der Waals surface area contributed by atoms with Crippen molar-refractivity contribution in [1.82, 2.24) is 9.78 Å². The van der Waals surface area contributed by atoms with Crippen molar-refractivity contribution in [2.75, 3.05) is 34.8 Å². The van der Waals surface area contributed by atoms with Crippen LogP contribution in [0.15, 0.2) is 46.8 Å². The molecule has 0 spiro atoms. The van der Waals surface area contributed by atoms with E-state index in [9.17, 15) is 41.3 Å². The van der Waals surface area contributed by atoms with Crippen molar-refractivity contribution in [2.45, 2.75) is 32.6 Å². The number of carbonyl (C=O) groups is 1. The van der Waals surface area contributed by atoms with Crippen molar-refractivity contribution >= 4 is 72.2 Å². The standard InChI is InChI=1S/C27H28Cl2N8O7S2.2K/c1-18(38)33-25-14-21(36(8-2-4-10-45(39,40)41)9-3-5-11-46(42,43)44)6-7-24(25)34-35-27-20(16-31)17-32-37(27)26-22(28)12-19(15-30)13-23(26)29;;/h6-7,12-14,17H,2-5,8-11H2,1H3,(H,33,38)(H,39,40,41)(H,42,43,44);;/q;2*+1/p-2. The second-order valence-corrected chi connectivity index (χ2v) is 13.7. The van der Waals surface area contributed by atoms with Gasteiger partial charge in [-0.3, -0.25) is 4.79 Å². The van der Waals surface area contributed by atoms with Gasteiger partial charge in [-0.1, -0.05) is 23.2 Å². The number of hydrogen-bond donors (Lipinski definition) is 1. The molecule has 0 aliphatic rings. The number of hydrogen-bond acceptors (Lipinski definition) is 13. The Labute approximate surface area is 373 Å². The van der Waals surface area contributed by atoms with E-state index in [2.05, 4.69) is 20.6 Å². The number of nitrogens with zero attached hydrogens (tertiary/aromatic N) is 7. The van der Waals surface area contributed by atoms with Gasteiger partial charge in [0.15, 0.2) is 5.82 Å². The van der Waals surface area contributed by atoms with Crippen molar-refractivity contribution in [3.8, 4) is 17.8 Å². The Morgan fingerprint density at radius 3 is 1.98 bits per heavy atom. The van der Waals surface area contributed by atoms with Gasteiger partial charge in [0.1, 0.15) is 23.0 Å². The van der Waals surface area contributed by atoms with E-state index in [1.807, 2.05) is 12.1 Å². The normalized spacial score (nSPS) is 11.2. The monoisotopic (exact) mass is 786 g/mol. The molecule has 0 unspecified atom stereocenters. The van der Waals surface area contributed by atoms with Gasteiger partial charge < -0.3 is 19.3 Å². The molecular formula is C27H26Cl2K2N8O7S2. The van der Waals surface area contributed by atoms with E-state index in [1.54, 1.807) is 17.0 Å². The first-order valence-corrected chi connectivity index (χ1v) is 17.4. The van der Waals surface area contributed by atoms with Crippen LogP contribution in [0.5, 0.6) is 0 Å². The van der Waals surface area contributed by atoms with Crippen LogP contribution in [-0.2, 0) is 25.0 Å². The van der Waals surface area contributed by atoms with E-state index < -0.39 is 37.6 Å². The molecule has 1 heterocycles. The molecule has 1 amide bonds. The average Bonchev–Trinajstić information content (AvgIpc) is 3.36. The first-order chi connectivity index (χ1) is 21.6. The SMILES string of the molecule is CC(=O)Nc1cc(N(CCCCS(=O)(=O)[O-])CCCCS(=O)(=O)[O-])ccc1N=Nc1c(C#N)cnn1-c1c(Cl)cc(C#N)cc1Cl.[K+].[K+]. The van der Waals surface area contributed by atoms with E-state index in [4.69, 9.17) is 23.2 Å². The zero-order chi connectivity index (χ0) is 34.1. The van der Waals surface area contributed by atoms with Gasteiger partial charge in [0.05, 0.1) is 53.8 Å². The molecule has 1 aromatic heterocycles. The Morgan fingerprint density at radius 2 is 1.50 bits per heavy atom. The molecule has 0 saturated carbocycles. The number of nitrogens with one attached hydrogen (secondary N) is 1. The molecule has 2 aromatic carbocycles. The van der Waals surface area contributed by atoms with Gasteiger partial charge in [0.2, 0.25) is 5.91 Å². The maximum Gasteiger partial charge on any atom is 1.00 e. The number of amides is 1. The summed E-state index contributed by atoms with van der Waals surface area (Å²) >= 11 is 12.7. The molecular weight excluding hydrogens is 762 g/mol. The second kappa shape index (κ2) is 20.9. The van der Waals surface area contributed by atoms with E-state index >= 15 is 0 Å². The maximum absolute atomic E-state index is 12.1. The quantitative estimate of drug-likeness (QED) is 0.0828. The van der Waals surface area contributed by atoms with Crippen LogP contribution in [0.2, 0.25) is 10.0 Å². The molecule has 244 valence electrons. The molecule has 3 rings (SSSR count). The first kappa shape index (κ1) is 45.2. The molecule has 0 atom stereocenters. The van der Waals surface area contributed by atoms with Gasteiger partial charge in [-0.05, 0) is 56.0 Å². The predicted molar refractivity (Wildman–Crippen MR) is 168 cm³/mol. The van der Waals surface area contributed by atoms with Gasteiger partial charge in [0, 0.05) is 37.2 Å². The molecule has 0 fully saturated rings. The molecule has 48 heavy (non-hydrogen) atoms. The number of anilines is 2. The fourth-order valence-corrected chi connectivity index (χ4v) is 6.01. The topological polar surface area (TPSA) is 237 Å². The molecule has 3 aromatic rings. The fourth-order valence-electron chi connectivity index (χ4n) is 4.25. The third kappa shape index (κ3) is 14.4. The minimum Gasteiger partial charge on any atom is -0.748 e. The molecule has 21 heteroatoms. The Kier molecular flexibility index (Phi) is 19.7. The molecule has 0 saturated heterocycles. The van der Waals surface area contributed by atoms with Gasteiger partial charge in [-0.15, -0.1) is 10.2 Å². The van der Waals surface area contributed by atoms with Crippen LogP contribution in [0, 0.1) is 22.7 Å². The smallest absolute Gasteiger partial charge is 0.748 e. The van der Waals surface area contributed by atoms with E-state index in [1.165, 1.54) is 36.0 Å². The molecule has 0 radical (unpaired) electrons. The number of azo groups is 1. The van der Waals surface area contributed by atoms with Gasteiger partial charge in [-0.25, -0.2) is 21.5 Å². The Bertz CT molecular complexity index is 1880. The summed E-state index contributed by atoms with van der Waals surface area (Å²) in [5, 5.41) is 34.2. The summed E-state index contributed by atoms with van der Waals surface area (Å²) in [6, 6.07) is 11.4. The summed E-state index contributed by atoms with van der Waals surface area (Å²) in [7, 11) is -8.81. The van der Waals surface area contributed by atoms with Crippen LogP contribution in [0.25, 0.3) is 5.69 Å². The molecule has 15 nitrogen and oxygen atoms in total. The van der Waals surface area contributed by atoms with Crippen molar-refractivity contribution < 1.29 is 134 Å². The van der Waals surface area contributed by atoms with E-state index in [-0.39, 0.29) is 173 Å². The zero-order valence-electron chi connectivity index (χ0n) is 26.2. The van der Waals surface area contributed by atoms with Crippen molar-refractivity contribution in [3.05, 3.63) is 57.7 Å². The van der Waals surface area contributed by atoms with Crippen LogP contribution >= 0.6 is 23.2 Å². The summed E-state index contributed by atoms with van der Waals surface area (Å²) < 4.78 is 67.3. The number of aromatic nitrogens is 2.